The van der Waals surface area contributed by atoms with E-state index < -0.39 is 10.0 Å². The second-order valence-electron chi connectivity index (χ2n) is 7.77. The average Bonchev–Trinajstić information content (AvgIpc) is 3.41. The molecule has 0 unspecified atom stereocenters. The number of aromatic nitrogens is 1. The van der Waals surface area contributed by atoms with Gasteiger partial charge in [0, 0.05) is 25.8 Å². The van der Waals surface area contributed by atoms with E-state index in [0.29, 0.717) is 23.8 Å². The number of ether oxygens (including phenoxy) is 1. The van der Waals surface area contributed by atoms with E-state index in [0.717, 1.165) is 34.2 Å². The molecule has 9 heteroatoms. The fraction of sp³-hybridized carbons (Fsp3) is 0.364. The van der Waals surface area contributed by atoms with Gasteiger partial charge in [0.1, 0.15) is 0 Å². The second kappa shape index (κ2) is 8.66. The number of likely N-dealkylation sites (N-methyl/N-ethyl adjacent to an activating group) is 1. The highest BCUT2D eigenvalue weighted by Crippen LogP contribution is 2.30. The third-order valence-corrected chi connectivity index (χ3v) is 8.39. The molecule has 2 heterocycles. The molecule has 1 fully saturated rings. The van der Waals surface area contributed by atoms with E-state index >= 15 is 0 Å². The highest BCUT2D eigenvalue weighted by Gasteiger charge is 2.26. The monoisotopic (exact) mass is 459 g/mol. The van der Waals surface area contributed by atoms with Crippen LogP contribution in [0.3, 0.4) is 0 Å². The lowest BCUT2D eigenvalue weighted by atomic mass is 10.1. The molecule has 0 aliphatic carbocycles. The van der Waals surface area contributed by atoms with Gasteiger partial charge in [0.25, 0.3) is 5.91 Å². The number of amides is 1. The molecule has 0 bridgehead atoms. The van der Waals surface area contributed by atoms with Gasteiger partial charge in [-0.25, -0.2) is 13.4 Å². The van der Waals surface area contributed by atoms with Crippen LogP contribution in [0.25, 0.3) is 10.2 Å². The van der Waals surface area contributed by atoms with Gasteiger partial charge in [-0.1, -0.05) is 17.4 Å². The van der Waals surface area contributed by atoms with Crippen LogP contribution in [0.1, 0.15) is 34.3 Å². The number of rotatable bonds is 6. The zero-order chi connectivity index (χ0) is 22.2. The summed E-state index contributed by atoms with van der Waals surface area (Å²) in [5.41, 5.74) is 3.50. The molecule has 7 nitrogen and oxygen atoms in total. The van der Waals surface area contributed by atoms with Crippen LogP contribution in [-0.2, 0) is 14.8 Å². The summed E-state index contributed by atoms with van der Waals surface area (Å²) in [5, 5.41) is 3.33. The number of fused-ring (bicyclic) bond motifs is 1. The van der Waals surface area contributed by atoms with Crippen molar-refractivity contribution in [2.24, 2.45) is 0 Å². The lowest BCUT2D eigenvalue weighted by Crippen LogP contribution is -2.34. The van der Waals surface area contributed by atoms with E-state index in [9.17, 15) is 13.2 Å². The summed E-state index contributed by atoms with van der Waals surface area (Å²) in [6.07, 6.45) is 1.76. The Hall–Kier alpha value is -2.33. The number of hydrogen-bond donors (Lipinski definition) is 1. The molecule has 0 saturated carbocycles. The van der Waals surface area contributed by atoms with Crippen molar-refractivity contribution in [2.45, 2.75) is 37.7 Å². The fourth-order valence-electron chi connectivity index (χ4n) is 3.58. The van der Waals surface area contributed by atoms with Crippen LogP contribution in [0.15, 0.2) is 41.3 Å². The van der Waals surface area contributed by atoms with Gasteiger partial charge >= 0.3 is 0 Å². The Morgan fingerprint density at radius 1 is 1.23 bits per heavy atom. The Morgan fingerprint density at radius 2 is 1.97 bits per heavy atom. The molecule has 1 atom stereocenters. The molecule has 2 aromatic carbocycles. The minimum Gasteiger partial charge on any atom is -0.377 e. The van der Waals surface area contributed by atoms with Crippen molar-refractivity contribution in [2.75, 3.05) is 25.5 Å². The zero-order valence-corrected chi connectivity index (χ0v) is 19.3. The van der Waals surface area contributed by atoms with Crippen LogP contribution in [0.4, 0.5) is 5.13 Å². The molecule has 1 saturated heterocycles. The molecule has 164 valence electrons. The molecule has 0 radical (unpaired) electrons. The van der Waals surface area contributed by atoms with Crippen molar-refractivity contribution in [1.82, 2.24) is 9.29 Å². The average molecular weight is 460 g/mol. The fourth-order valence-corrected chi connectivity index (χ4v) is 5.70. The van der Waals surface area contributed by atoms with Gasteiger partial charge in [0.2, 0.25) is 10.0 Å². The summed E-state index contributed by atoms with van der Waals surface area (Å²) in [7, 11) is -2.09. The predicted octanol–water partition coefficient (Wildman–Crippen LogP) is 3.96. The number of anilines is 1. The molecule has 1 aliphatic heterocycles. The Morgan fingerprint density at radius 3 is 2.65 bits per heavy atom. The normalized spacial score (nSPS) is 16.8. The number of carbonyl (C=O) groups is 1. The standard InChI is InChI=1S/C22H25N3O4S2/c1-14-6-11-19-20(15(14)2)23-22(30-19)24-21(26)16-7-9-18(10-8-16)31(27,28)25(3)13-17-5-4-12-29-17/h6-11,17H,4-5,12-13H2,1-3H3,(H,23,24,26)/t17-/m1/s1. The van der Waals surface area contributed by atoms with Crippen LogP contribution in [-0.4, -0.2) is 49.9 Å². The minimum atomic E-state index is -3.64. The van der Waals surface area contributed by atoms with Crippen molar-refractivity contribution < 1.29 is 17.9 Å². The Balaban J connectivity index is 1.47. The van der Waals surface area contributed by atoms with E-state index in [4.69, 9.17) is 4.74 Å². The number of hydrogen-bond acceptors (Lipinski definition) is 6. The van der Waals surface area contributed by atoms with Gasteiger partial charge < -0.3 is 4.74 Å². The molecule has 1 amide bonds. The SMILES string of the molecule is Cc1ccc2sc(NC(=O)c3ccc(S(=O)(=O)N(C)C[C@H]4CCCO4)cc3)nc2c1C. The van der Waals surface area contributed by atoms with Crippen LogP contribution in [0.5, 0.6) is 0 Å². The maximum atomic E-state index is 12.8. The first-order chi connectivity index (χ1) is 14.8. The molecule has 4 rings (SSSR count). The topological polar surface area (TPSA) is 88.6 Å². The number of sulfonamides is 1. The van der Waals surface area contributed by atoms with Crippen LogP contribution >= 0.6 is 11.3 Å². The maximum Gasteiger partial charge on any atom is 0.257 e. The predicted molar refractivity (Wildman–Crippen MR) is 122 cm³/mol. The molecule has 1 N–H and O–H groups in total. The molecular formula is C22H25N3O4S2. The van der Waals surface area contributed by atoms with Crippen molar-refractivity contribution in [3.05, 3.63) is 53.1 Å². The van der Waals surface area contributed by atoms with Crippen LogP contribution < -0.4 is 5.32 Å². The van der Waals surface area contributed by atoms with Crippen LogP contribution in [0.2, 0.25) is 0 Å². The Bertz CT molecular complexity index is 1210. The summed E-state index contributed by atoms with van der Waals surface area (Å²) < 4.78 is 33.5. The quantitative estimate of drug-likeness (QED) is 0.603. The number of benzene rings is 2. The lowest BCUT2D eigenvalue weighted by Gasteiger charge is -2.20. The van der Waals surface area contributed by atoms with E-state index in [1.165, 1.54) is 39.9 Å². The summed E-state index contributed by atoms with van der Waals surface area (Å²) in [4.78, 5) is 17.3. The smallest absolute Gasteiger partial charge is 0.257 e. The number of aryl methyl sites for hydroxylation is 2. The van der Waals surface area contributed by atoms with Crippen LogP contribution in [0, 0.1) is 13.8 Å². The van der Waals surface area contributed by atoms with Crippen molar-refractivity contribution in [1.29, 1.82) is 0 Å². The zero-order valence-electron chi connectivity index (χ0n) is 17.7. The van der Waals surface area contributed by atoms with E-state index in [2.05, 4.69) is 10.3 Å². The van der Waals surface area contributed by atoms with Crippen molar-refractivity contribution in [3.8, 4) is 0 Å². The molecule has 1 aliphatic rings. The summed E-state index contributed by atoms with van der Waals surface area (Å²) >= 11 is 1.41. The second-order valence-corrected chi connectivity index (χ2v) is 10.8. The molecule has 31 heavy (non-hydrogen) atoms. The minimum absolute atomic E-state index is 0.0638. The highest BCUT2D eigenvalue weighted by atomic mass is 32.2. The lowest BCUT2D eigenvalue weighted by molar-refractivity contribution is 0.0979. The van der Waals surface area contributed by atoms with Crippen molar-refractivity contribution in [3.63, 3.8) is 0 Å². The van der Waals surface area contributed by atoms with E-state index in [1.807, 2.05) is 26.0 Å². The molecular weight excluding hydrogens is 434 g/mol. The number of nitrogens with zero attached hydrogens (tertiary/aromatic N) is 2. The maximum absolute atomic E-state index is 12.8. The summed E-state index contributed by atoms with van der Waals surface area (Å²) in [6, 6.07) is 9.99. The Labute approximate surface area is 186 Å². The van der Waals surface area contributed by atoms with E-state index in [-0.39, 0.29) is 16.9 Å². The van der Waals surface area contributed by atoms with Gasteiger partial charge in [-0.15, -0.1) is 0 Å². The van der Waals surface area contributed by atoms with Gasteiger partial charge in [-0.3, -0.25) is 10.1 Å². The first-order valence-corrected chi connectivity index (χ1v) is 12.4. The van der Waals surface area contributed by atoms with Gasteiger partial charge in [0.15, 0.2) is 5.13 Å². The van der Waals surface area contributed by atoms with Gasteiger partial charge in [0.05, 0.1) is 21.2 Å². The molecule has 3 aromatic rings. The largest absolute Gasteiger partial charge is 0.377 e. The molecule has 0 spiro atoms. The van der Waals surface area contributed by atoms with Gasteiger partial charge in [-0.05, 0) is 68.1 Å². The first-order valence-electron chi connectivity index (χ1n) is 10.1. The first kappa shape index (κ1) is 21.9. The third-order valence-electron chi connectivity index (χ3n) is 5.61. The van der Waals surface area contributed by atoms with E-state index in [1.54, 1.807) is 7.05 Å². The number of thiazole rings is 1. The van der Waals surface area contributed by atoms with Gasteiger partial charge in [-0.2, -0.15) is 4.31 Å². The third kappa shape index (κ3) is 4.50. The summed E-state index contributed by atoms with van der Waals surface area (Å²) in [6.45, 7) is 5.04. The Kier molecular flexibility index (Phi) is 6.11. The number of carbonyl (C=O) groups excluding carboxylic acids is 1. The molecule has 1 aromatic heterocycles. The summed E-state index contributed by atoms with van der Waals surface area (Å²) in [5.74, 6) is -0.329. The van der Waals surface area contributed by atoms with Crippen molar-refractivity contribution >= 4 is 42.6 Å². The number of nitrogens with one attached hydrogen (secondary N) is 1. The highest BCUT2D eigenvalue weighted by molar-refractivity contribution is 7.89.